The number of ether oxygens (including phenoxy) is 2. The third-order valence-electron chi connectivity index (χ3n) is 6.25. The van der Waals surface area contributed by atoms with Gasteiger partial charge in [0.2, 0.25) is 11.5 Å². The summed E-state index contributed by atoms with van der Waals surface area (Å²) in [5.41, 5.74) is 3.31. The van der Waals surface area contributed by atoms with Crippen molar-refractivity contribution in [1.82, 2.24) is 25.0 Å². The van der Waals surface area contributed by atoms with Gasteiger partial charge >= 0.3 is 0 Å². The molecule has 0 radical (unpaired) electrons. The molecule has 0 aliphatic carbocycles. The van der Waals surface area contributed by atoms with Gasteiger partial charge in [0.15, 0.2) is 11.3 Å². The van der Waals surface area contributed by atoms with E-state index in [0.29, 0.717) is 16.8 Å². The van der Waals surface area contributed by atoms with E-state index in [1.54, 1.807) is 6.07 Å². The molecule has 0 spiro atoms. The van der Waals surface area contributed by atoms with Crippen LogP contribution in [0.4, 0.5) is 0 Å². The van der Waals surface area contributed by atoms with Crippen LogP contribution < -0.4 is 9.47 Å². The van der Waals surface area contributed by atoms with E-state index >= 15 is 0 Å². The quantitative estimate of drug-likeness (QED) is 0.287. The number of benzene rings is 3. The minimum atomic E-state index is -0.533. The van der Waals surface area contributed by atoms with Crippen LogP contribution in [0.15, 0.2) is 89.8 Å². The number of phenolic OH excluding ortho intramolecular Hbond substituents is 1. The van der Waals surface area contributed by atoms with E-state index < -0.39 is 11.5 Å². The molecule has 0 unspecified atom stereocenters. The number of hydrogen-bond acceptors (Lipinski definition) is 9. The van der Waals surface area contributed by atoms with E-state index in [2.05, 4.69) is 15.3 Å². The van der Waals surface area contributed by atoms with Crippen molar-refractivity contribution >= 4 is 16.8 Å². The number of nitrogens with zero attached hydrogens (tertiary/aromatic N) is 5. The molecule has 0 aliphatic rings. The Balaban J connectivity index is 1.44. The van der Waals surface area contributed by atoms with Gasteiger partial charge in [0.05, 0.1) is 37.6 Å². The van der Waals surface area contributed by atoms with E-state index in [1.165, 1.54) is 37.6 Å². The molecular formula is C29H21N5O5. The Bertz CT molecular complexity index is 1810. The van der Waals surface area contributed by atoms with Crippen LogP contribution in [0.2, 0.25) is 0 Å². The number of hydrogen-bond donors (Lipinski definition) is 1. The van der Waals surface area contributed by atoms with Gasteiger partial charge in [0, 0.05) is 17.3 Å². The molecule has 0 amide bonds. The second-order valence-corrected chi connectivity index (χ2v) is 8.50. The molecule has 39 heavy (non-hydrogen) atoms. The lowest BCUT2D eigenvalue weighted by Gasteiger charge is -2.13. The molecule has 6 aromatic rings. The van der Waals surface area contributed by atoms with Crippen LogP contribution in [0.1, 0.15) is 15.9 Å². The highest BCUT2D eigenvalue weighted by molar-refractivity contribution is 6.16. The smallest absolute Gasteiger partial charge is 0.270 e. The van der Waals surface area contributed by atoms with Crippen molar-refractivity contribution in [1.29, 1.82) is 0 Å². The molecular weight excluding hydrogens is 498 g/mol. The van der Waals surface area contributed by atoms with Crippen LogP contribution in [0.3, 0.4) is 0 Å². The SMILES string of the molecule is COc1c(C(=O)c2cnn(-c3nnc(-c4ccccc4)c(-c4ccccc4)n3)c2)c(O)c(OC)c2occc12. The summed E-state index contributed by atoms with van der Waals surface area (Å²) >= 11 is 0. The average molecular weight is 520 g/mol. The Morgan fingerprint density at radius 3 is 2.21 bits per heavy atom. The number of methoxy groups -OCH3 is 2. The van der Waals surface area contributed by atoms with E-state index in [4.69, 9.17) is 18.9 Å². The number of phenols is 1. The van der Waals surface area contributed by atoms with Crippen molar-refractivity contribution in [3.8, 4) is 45.7 Å². The van der Waals surface area contributed by atoms with Gasteiger partial charge in [-0.1, -0.05) is 60.7 Å². The molecule has 0 saturated carbocycles. The number of aromatic nitrogens is 5. The molecule has 6 rings (SSSR count). The average Bonchev–Trinajstić information content (AvgIpc) is 3.68. The van der Waals surface area contributed by atoms with Gasteiger partial charge < -0.3 is 19.0 Å². The molecule has 0 bridgehead atoms. The van der Waals surface area contributed by atoms with Crippen LogP contribution in [-0.2, 0) is 0 Å². The fraction of sp³-hybridized carbons (Fsp3) is 0.0690. The van der Waals surface area contributed by atoms with Gasteiger partial charge in [0.1, 0.15) is 22.7 Å². The lowest BCUT2D eigenvalue weighted by atomic mass is 10.0. The zero-order valence-corrected chi connectivity index (χ0v) is 20.9. The first-order valence-corrected chi connectivity index (χ1v) is 11.9. The molecule has 192 valence electrons. The van der Waals surface area contributed by atoms with Gasteiger partial charge in [-0.05, 0) is 6.07 Å². The molecule has 0 atom stereocenters. The molecule has 0 saturated heterocycles. The number of carbonyl (C=O) groups is 1. The number of aromatic hydroxyl groups is 1. The van der Waals surface area contributed by atoms with Gasteiger partial charge in [-0.2, -0.15) is 5.10 Å². The molecule has 3 aromatic heterocycles. The van der Waals surface area contributed by atoms with Gasteiger partial charge in [-0.25, -0.2) is 9.67 Å². The first-order valence-electron chi connectivity index (χ1n) is 11.9. The molecule has 10 heteroatoms. The van der Waals surface area contributed by atoms with Crippen molar-refractivity contribution in [2.75, 3.05) is 14.2 Å². The van der Waals surface area contributed by atoms with E-state index in [9.17, 15) is 9.90 Å². The Hall–Kier alpha value is -5.51. The number of ketones is 1. The zero-order chi connectivity index (χ0) is 26.9. The summed E-state index contributed by atoms with van der Waals surface area (Å²) in [6.07, 6.45) is 4.26. The van der Waals surface area contributed by atoms with Crippen molar-refractivity contribution < 1.29 is 23.8 Å². The summed E-state index contributed by atoms with van der Waals surface area (Å²) < 4.78 is 17.6. The Labute approximate surface area is 222 Å². The Kier molecular flexibility index (Phi) is 5.96. The zero-order valence-electron chi connectivity index (χ0n) is 20.9. The molecule has 0 aliphatic heterocycles. The first-order chi connectivity index (χ1) is 19.1. The Morgan fingerprint density at radius 2 is 1.54 bits per heavy atom. The fourth-order valence-corrected chi connectivity index (χ4v) is 4.44. The summed E-state index contributed by atoms with van der Waals surface area (Å²) in [5.74, 6) is -0.568. The third-order valence-corrected chi connectivity index (χ3v) is 6.25. The summed E-state index contributed by atoms with van der Waals surface area (Å²) in [7, 11) is 2.79. The lowest BCUT2D eigenvalue weighted by molar-refractivity contribution is 0.103. The highest BCUT2D eigenvalue weighted by Gasteiger charge is 2.29. The predicted octanol–water partition coefficient (Wildman–Crippen LogP) is 5.09. The van der Waals surface area contributed by atoms with Crippen LogP contribution in [0.25, 0.3) is 39.4 Å². The number of carbonyl (C=O) groups excluding carboxylic acids is 1. The number of rotatable bonds is 7. The maximum Gasteiger partial charge on any atom is 0.270 e. The van der Waals surface area contributed by atoms with Crippen LogP contribution in [-0.4, -0.2) is 50.1 Å². The van der Waals surface area contributed by atoms with E-state index in [0.717, 1.165) is 11.1 Å². The van der Waals surface area contributed by atoms with Crippen LogP contribution in [0.5, 0.6) is 17.2 Å². The molecule has 10 nitrogen and oxygen atoms in total. The highest BCUT2D eigenvalue weighted by Crippen LogP contribution is 2.46. The second-order valence-electron chi connectivity index (χ2n) is 8.50. The normalized spacial score (nSPS) is 11.0. The van der Waals surface area contributed by atoms with Crippen molar-refractivity contribution in [2.24, 2.45) is 0 Å². The largest absolute Gasteiger partial charge is 0.504 e. The van der Waals surface area contributed by atoms with Gasteiger partial charge in [-0.3, -0.25) is 4.79 Å². The minimum Gasteiger partial charge on any atom is -0.504 e. The van der Waals surface area contributed by atoms with E-state index in [1.807, 2.05) is 60.7 Å². The van der Waals surface area contributed by atoms with E-state index in [-0.39, 0.29) is 34.2 Å². The standard InChI is InChI=1S/C29H21N5O5/c1-37-26-20-13-14-39-27(20)28(38-2)25(36)21(26)24(35)19-15-30-34(16-19)29-31-22(17-9-5-3-6-10-17)23(32-33-29)18-11-7-4-8-12-18/h3-16,36H,1-2H3. The second kappa shape index (κ2) is 9.75. The summed E-state index contributed by atoms with van der Waals surface area (Å²) in [5, 5.41) is 24.5. The topological polar surface area (TPSA) is 125 Å². The highest BCUT2D eigenvalue weighted by atomic mass is 16.5. The summed E-state index contributed by atoms with van der Waals surface area (Å²) in [6, 6.07) is 20.9. The summed E-state index contributed by atoms with van der Waals surface area (Å²) in [4.78, 5) is 18.4. The van der Waals surface area contributed by atoms with Crippen LogP contribution in [0, 0.1) is 0 Å². The predicted molar refractivity (Wildman–Crippen MR) is 142 cm³/mol. The number of fused-ring (bicyclic) bond motifs is 1. The minimum absolute atomic E-state index is 0.0306. The molecule has 3 heterocycles. The maximum atomic E-state index is 13.6. The maximum absolute atomic E-state index is 13.6. The molecule has 1 N–H and O–H groups in total. The first kappa shape index (κ1) is 23.9. The third kappa shape index (κ3) is 4.04. The molecule has 0 fully saturated rings. The van der Waals surface area contributed by atoms with Gasteiger partial charge in [-0.15, -0.1) is 10.2 Å². The summed E-state index contributed by atoms with van der Waals surface area (Å²) in [6.45, 7) is 0. The monoisotopic (exact) mass is 519 g/mol. The van der Waals surface area contributed by atoms with Gasteiger partial charge in [0.25, 0.3) is 5.95 Å². The van der Waals surface area contributed by atoms with Crippen molar-refractivity contribution in [3.63, 3.8) is 0 Å². The number of furan rings is 1. The van der Waals surface area contributed by atoms with Crippen molar-refractivity contribution in [2.45, 2.75) is 0 Å². The molecule has 3 aromatic carbocycles. The van der Waals surface area contributed by atoms with Crippen molar-refractivity contribution in [3.05, 3.63) is 96.5 Å². The lowest BCUT2D eigenvalue weighted by Crippen LogP contribution is -2.07. The Morgan fingerprint density at radius 1 is 0.872 bits per heavy atom. The fourth-order valence-electron chi connectivity index (χ4n) is 4.44. The van der Waals surface area contributed by atoms with Crippen LogP contribution >= 0.6 is 0 Å².